The lowest BCUT2D eigenvalue weighted by Gasteiger charge is -2.50. The smallest absolute Gasteiger partial charge is 0.311 e. The first-order valence-electron chi connectivity index (χ1n) is 10.6. The number of pyridine rings is 1. The van der Waals surface area contributed by atoms with Crippen LogP contribution in [0.3, 0.4) is 0 Å². The molecule has 1 aromatic heterocycles. The summed E-state index contributed by atoms with van der Waals surface area (Å²) >= 11 is 0. The molecular weight excluding hydrogens is 364 g/mol. The van der Waals surface area contributed by atoms with E-state index in [9.17, 15) is 9.90 Å². The highest BCUT2D eigenvalue weighted by molar-refractivity contribution is 5.85. The monoisotopic (exact) mass is 394 g/mol. The second-order valence-electron chi connectivity index (χ2n) is 8.84. The van der Waals surface area contributed by atoms with Crippen LogP contribution in [0.2, 0.25) is 0 Å². The van der Waals surface area contributed by atoms with E-state index in [0.717, 1.165) is 36.0 Å². The van der Waals surface area contributed by atoms with Crippen molar-refractivity contribution in [2.45, 2.75) is 45.3 Å². The van der Waals surface area contributed by atoms with Crippen LogP contribution in [0, 0.1) is 17.8 Å². The Kier molecular flexibility index (Phi) is 5.70. The number of nitrogens with zero attached hydrogens (tertiary/aromatic N) is 2. The van der Waals surface area contributed by atoms with E-state index in [1.165, 1.54) is 6.42 Å². The van der Waals surface area contributed by atoms with Crippen LogP contribution >= 0.6 is 0 Å². The number of carbonyl (C=O) groups excluding carboxylic acids is 1. The molecule has 1 N–H and O–H groups in total. The topological polar surface area (TPSA) is 62.7 Å². The fourth-order valence-corrected chi connectivity index (χ4v) is 4.89. The number of aliphatic hydroxyl groups is 1. The van der Waals surface area contributed by atoms with Crippen LogP contribution in [0.5, 0.6) is 5.75 Å². The van der Waals surface area contributed by atoms with Gasteiger partial charge in [0.25, 0.3) is 0 Å². The van der Waals surface area contributed by atoms with Gasteiger partial charge < -0.3 is 9.84 Å². The van der Waals surface area contributed by atoms with Crippen molar-refractivity contribution in [1.29, 1.82) is 0 Å². The average molecular weight is 395 g/mol. The van der Waals surface area contributed by atoms with Crippen molar-refractivity contribution >= 4 is 16.9 Å². The van der Waals surface area contributed by atoms with Gasteiger partial charge in [0.1, 0.15) is 5.75 Å². The van der Waals surface area contributed by atoms with Gasteiger partial charge in [0.15, 0.2) is 0 Å². The van der Waals surface area contributed by atoms with Crippen molar-refractivity contribution in [2.24, 2.45) is 17.8 Å². The Morgan fingerprint density at radius 3 is 2.93 bits per heavy atom. The molecule has 29 heavy (non-hydrogen) atoms. The SMILES string of the molecule is C=C[C@H]1CN2CC[C@H]1C[C@@H]2[C@@H](O)c1ccnc2ccc(OC(=O)CC(C)C)cc12. The third-order valence-corrected chi connectivity index (χ3v) is 6.39. The molecule has 4 heterocycles. The van der Waals surface area contributed by atoms with E-state index < -0.39 is 6.10 Å². The van der Waals surface area contributed by atoms with Gasteiger partial charge in [-0.25, -0.2) is 0 Å². The molecule has 3 aliphatic rings. The highest BCUT2D eigenvalue weighted by Gasteiger charge is 2.42. The fourth-order valence-electron chi connectivity index (χ4n) is 4.89. The molecule has 1 unspecified atom stereocenters. The van der Waals surface area contributed by atoms with Crippen LogP contribution in [-0.2, 0) is 4.79 Å². The minimum absolute atomic E-state index is 0.0997. The highest BCUT2D eigenvalue weighted by atomic mass is 16.5. The van der Waals surface area contributed by atoms with Gasteiger partial charge in [-0.15, -0.1) is 6.58 Å². The van der Waals surface area contributed by atoms with Gasteiger partial charge >= 0.3 is 5.97 Å². The van der Waals surface area contributed by atoms with Crippen molar-refractivity contribution in [3.8, 4) is 5.75 Å². The molecular formula is C24H30N2O3. The lowest BCUT2D eigenvalue weighted by molar-refractivity contribution is -0.135. The molecule has 0 radical (unpaired) electrons. The number of ether oxygens (including phenoxy) is 1. The van der Waals surface area contributed by atoms with Gasteiger partial charge in [-0.05, 0) is 67.0 Å². The largest absolute Gasteiger partial charge is 0.426 e. The zero-order chi connectivity index (χ0) is 20.5. The second-order valence-corrected chi connectivity index (χ2v) is 8.84. The minimum atomic E-state index is -0.601. The summed E-state index contributed by atoms with van der Waals surface area (Å²) in [5.41, 5.74) is 1.65. The standard InChI is InChI=1S/C24H30N2O3/c1-4-16-14-26-10-8-17(16)12-22(26)24(28)19-7-9-25-21-6-5-18(13-20(19)21)29-23(27)11-15(2)3/h4-7,9,13,15-17,22,24,28H,1,8,10-12,14H2,2-3H3/t16-,17-,22+,24-/m0/s1. The predicted molar refractivity (Wildman–Crippen MR) is 114 cm³/mol. The Morgan fingerprint density at radius 2 is 2.24 bits per heavy atom. The van der Waals surface area contributed by atoms with Gasteiger partial charge in [0.05, 0.1) is 11.6 Å². The highest BCUT2D eigenvalue weighted by Crippen LogP contribution is 2.42. The molecule has 0 aliphatic carbocycles. The van der Waals surface area contributed by atoms with E-state index in [1.807, 2.05) is 32.0 Å². The van der Waals surface area contributed by atoms with Gasteiger partial charge in [0, 0.05) is 30.6 Å². The maximum absolute atomic E-state index is 12.1. The quantitative estimate of drug-likeness (QED) is 0.454. The third kappa shape index (κ3) is 4.07. The summed E-state index contributed by atoms with van der Waals surface area (Å²) in [6.45, 7) is 9.96. The number of fused-ring (bicyclic) bond motifs is 4. The number of rotatable bonds is 6. The van der Waals surface area contributed by atoms with Gasteiger partial charge in [-0.1, -0.05) is 19.9 Å². The molecule has 3 saturated heterocycles. The molecule has 5 heteroatoms. The fraction of sp³-hybridized carbons (Fsp3) is 0.500. The lowest BCUT2D eigenvalue weighted by atomic mass is 9.73. The van der Waals surface area contributed by atoms with Gasteiger partial charge in [-0.2, -0.15) is 0 Å². The van der Waals surface area contributed by atoms with Crippen LogP contribution in [0.25, 0.3) is 10.9 Å². The molecule has 0 spiro atoms. The van der Waals surface area contributed by atoms with Gasteiger partial charge in [0.2, 0.25) is 0 Å². The number of aliphatic hydroxyl groups excluding tert-OH is 1. The summed E-state index contributed by atoms with van der Waals surface area (Å²) in [5.74, 6) is 1.63. The van der Waals surface area contributed by atoms with Crippen LogP contribution in [0.4, 0.5) is 0 Å². The zero-order valence-electron chi connectivity index (χ0n) is 17.3. The Hall–Kier alpha value is -2.24. The first kappa shape index (κ1) is 20.0. The van der Waals surface area contributed by atoms with E-state index in [4.69, 9.17) is 4.74 Å². The van der Waals surface area contributed by atoms with E-state index in [0.29, 0.717) is 24.0 Å². The summed E-state index contributed by atoms with van der Waals surface area (Å²) in [6, 6.07) is 7.45. The Balaban J connectivity index is 1.60. The number of piperidine rings is 3. The number of hydrogen-bond acceptors (Lipinski definition) is 5. The Labute approximate surface area is 172 Å². The van der Waals surface area contributed by atoms with Crippen molar-refractivity contribution in [3.63, 3.8) is 0 Å². The van der Waals surface area contributed by atoms with E-state index in [-0.39, 0.29) is 17.9 Å². The van der Waals surface area contributed by atoms with Crippen molar-refractivity contribution in [3.05, 3.63) is 48.7 Å². The first-order chi connectivity index (χ1) is 14.0. The predicted octanol–water partition coefficient (Wildman–Crippen LogP) is 4.12. The molecule has 2 bridgehead atoms. The first-order valence-corrected chi connectivity index (χ1v) is 10.6. The molecule has 1 aromatic carbocycles. The van der Waals surface area contributed by atoms with Crippen LogP contribution < -0.4 is 4.74 Å². The van der Waals surface area contributed by atoms with Crippen molar-refractivity contribution in [1.82, 2.24) is 9.88 Å². The molecule has 0 saturated carbocycles. The Bertz CT molecular complexity index is 910. The van der Waals surface area contributed by atoms with Crippen molar-refractivity contribution in [2.75, 3.05) is 13.1 Å². The summed E-state index contributed by atoms with van der Waals surface area (Å²) in [5, 5.41) is 12.2. The summed E-state index contributed by atoms with van der Waals surface area (Å²) in [4.78, 5) is 18.9. The van der Waals surface area contributed by atoms with Crippen LogP contribution in [-0.4, -0.2) is 40.1 Å². The maximum atomic E-state index is 12.1. The molecule has 5 nitrogen and oxygen atoms in total. The second kappa shape index (κ2) is 8.25. The number of esters is 1. The molecule has 3 aliphatic heterocycles. The van der Waals surface area contributed by atoms with Crippen LogP contribution in [0.1, 0.15) is 44.8 Å². The summed E-state index contributed by atoms with van der Waals surface area (Å²) in [6.07, 6.45) is 5.74. The van der Waals surface area contributed by atoms with E-state index in [2.05, 4.69) is 22.5 Å². The number of hydrogen-bond donors (Lipinski definition) is 1. The van der Waals surface area contributed by atoms with E-state index in [1.54, 1.807) is 12.3 Å². The number of carbonyl (C=O) groups is 1. The van der Waals surface area contributed by atoms with Crippen molar-refractivity contribution < 1.29 is 14.6 Å². The normalized spacial score (nSPS) is 27.2. The van der Waals surface area contributed by atoms with E-state index >= 15 is 0 Å². The zero-order valence-corrected chi connectivity index (χ0v) is 17.3. The van der Waals surface area contributed by atoms with Gasteiger partial charge in [-0.3, -0.25) is 14.7 Å². The summed E-state index contributed by atoms with van der Waals surface area (Å²) in [7, 11) is 0. The summed E-state index contributed by atoms with van der Waals surface area (Å²) < 4.78 is 5.52. The number of benzene rings is 1. The maximum Gasteiger partial charge on any atom is 0.311 e. The van der Waals surface area contributed by atoms with Crippen LogP contribution in [0.15, 0.2) is 43.1 Å². The third-order valence-electron chi connectivity index (χ3n) is 6.39. The Morgan fingerprint density at radius 1 is 1.41 bits per heavy atom. The molecule has 2 aromatic rings. The lowest BCUT2D eigenvalue weighted by Crippen LogP contribution is -2.54. The minimum Gasteiger partial charge on any atom is -0.426 e. The molecule has 3 fully saturated rings. The number of aromatic nitrogens is 1. The average Bonchev–Trinajstić information content (AvgIpc) is 2.72. The molecule has 0 amide bonds. The molecule has 5 rings (SSSR count). The molecule has 5 atom stereocenters. The molecule has 154 valence electrons.